The van der Waals surface area contributed by atoms with Crippen LogP contribution in [0.15, 0.2) is 170 Å². The average Bonchev–Trinajstić information content (AvgIpc) is 0.911. The van der Waals surface area contributed by atoms with Crippen molar-refractivity contribution < 1.29 is 80.2 Å². The van der Waals surface area contributed by atoms with E-state index in [1.54, 1.807) is 0 Å². The lowest BCUT2D eigenvalue weighted by atomic mass is 10.1. The summed E-state index contributed by atoms with van der Waals surface area (Å²) in [4.78, 5) is 73.0. The second-order valence-electron chi connectivity index (χ2n) is 25.5. The number of aliphatic hydroxyl groups excluding tert-OH is 1. The highest BCUT2D eigenvalue weighted by Gasteiger charge is 2.30. The third-order valence-corrected chi connectivity index (χ3v) is 17.5. The van der Waals surface area contributed by atoms with Crippen LogP contribution >= 0.6 is 15.6 Å². The number of aliphatic hydroxyl groups is 1. The van der Waals surface area contributed by atoms with Gasteiger partial charge in [0.1, 0.15) is 19.3 Å². The van der Waals surface area contributed by atoms with Gasteiger partial charge in [-0.05, 0) is 167 Å². The van der Waals surface area contributed by atoms with Gasteiger partial charge in [0.15, 0.2) is 12.2 Å². The number of phosphoric ester groups is 2. The number of rotatable bonds is 72. The number of phosphoric acid groups is 2. The Morgan fingerprint density at radius 1 is 0.279 bits per heavy atom. The zero-order valence-electron chi connectivity index (χ0n) is 64.4. The summed E-state index contributed by atoms with van der Waals surface area (Å²) in [5, 5.41) is 10.6. The Labute approximate surface area is 629 Å². The molecule has 0 aliphatic carbocycles. The SMILES string of the molecule is CC/C=C\C/C=C\C/C=C\C/C=C\C/C=C\CCCCCC(=O)OCC(COP(=O)(O)OCC(O)COP(=O)(O)OCC(COC(=O)CCCCCCCCC/C=C\C/C=C\C/C=C\CC)OC(=O)CCCCCCC/C=C\C/C=C\CCC)OC(=O)CCCC/C=C\C/C=C\C/C=C\C/C=C\CC. The Balaban J connectivity index is 5.44. The van der Waals surface area contributed by atoms with E-state index in [9.17, 15) is 43.2 Å². The molecule has 0 fully saturated rings. The maximum Gasteiger partial charge on any atom is 0.472 e. The molecule has 0 bridgehead atoms. The Hall–Kier alpha value is -5.58. The van der Waals surface area contributed by atoms with Crippen LogP contribution in [-0.2, 0) is 65.4 Å². The quantitative estimate of drug-likeness (QED) is 0.0169. The predicted molar refractivity (Wildman–Crippen MR) is 426 cm³/mol. The van der Waals surface area contributed by atoms with E-state index >= 15 is 0 Å². The van der Waals surface area contributed by atoms with Gasteiger partial charge in [0.05, 0.1) is 26.4 Å². The molecule has 0 aliphatic heterocycles. The molecule has 5 atom stereocenters. The Morgan fingerprint density at radius 2 is 0.500 bits per heavy atom. The minimum Gasteiger partial charge on any atom is -0.462 e. The lowest BCUT2D eigenvalue weighted by Gasteiger charge is -2.21. The van der Waals surface area contributed by atoms with Gasteiger partial charge < -0.3 is 33.8 Å². The largest absolute Gasteiger partial charge is 0.472 e. The predicted octanol–water partition coefficient (Wildman–Crippen LogP) is 23.0. The minimum absolute atomic E-state index is 0.0285. The van der Waals surface area contributed by atoms with Crippen molar-refractivity contribution in [1.82, 2.24) is 0 Å². The van der Waals surface area contributed by atoms with Gasteiger partial charge in [-0.2, -0.15) is 0 Å². The number of hydrogen-bond donors (Lipinski definition) is 3. The molecule has 0 rings (SSSR count). The Kier molecular flexibility index (Phi) is 71.6. The number of ether oxygens (including phenoxy) is 4. The minimum atomic E-state index is -5.00. The molecule has 5 unspecified atom stereocenters. The fourth-order valence-corrected chi connectivity index (χ4v) is 11.3. The van der Waals surface area contributed by atoms with Crippen molar-refractivity contribution in [3.05, 3.63) is 170 Å². The smallest absolute Gasteiger partial charge is 0.462 e. The topological polar surface area (TPSA) is 237 Å². The van der Waals surface area contributed by atoms with E-state index in [-0.39, 0.29) is 25.7 Å². The van der Waals surface area contributed by atoms with Gasteiger partial charge in [-0.1, -0.05) is 262 Å². The van der Waals surface area contributed by atoms with Crippen LogP contribution in [0.2, 0.25) is 0 Å². The van der Waals surface area contributed by atoms with E-state index in [4.69, 9.17) is 37.0 Å². The maximum absolute atomic E-state index is 13.1. The van der Waals surface area contributed by atoms with Gasteiger partial charge >= 0.3 is 39.5 Å². The number of hydrogen-bond acceptors (Lipinski definition) is 15. The monoisotopic (exact) mass is 1490 g/mol. The normalized spacial score (nSPS) is 14.8. The fraction of sp³-hybridized carbons (Fsp3) is 0.624. The summed E-state index contributed by atoms with van der Waals surface area (Å²) in [6.45, 7) is 4.34. The molecule has 0 aromatic heterocycles. The fourth-order valence-electron chi connectivity index (χ4n) is 9.76. The van der Waals surface area contributed by atoms with Gasteiger partial charge in [-0.3, -0.25) is 37.3 Å². The van der Waals surface area contributed by atoms with E-state index in [0.29, 0.717) is 32.1 Å². The zero-order chi connectivity index (χ0) is 76.0. The van der Waals surface area contributed by atoms with Crippen molar-refractivity contribution in [1.29, 1.82) is 0 Å². The zero-order valence-corrected chi connectivity index (χ0v) is 66.2. The van der Waals surface area contributed by atoms with Crippen LogP contribution in [0, 0.1) is 0 Å². The third-order valence-electron chi connectivity index (χ3n) is 15.6. The first-order valence-electron chi connectivity index (χ1n) is 39.4. The summed E-state index contributed by atoms with van der Waals surface area (Å²) in [5.41, 5.74) is 0. The van der Waals surface area contributed by atoms with Crippen molar-refractivity contribution in [3.8, 4) is 0 Å². The van der Waals surface area contributed by atoms with E-state index in [1.807, 2.05) is 0 Å². The summed E-state index contributed by atoms with van der Waals surface area (Å²) in [6.07, 6.45) is 89.1. The van der Waals surface area contributed by atoms with Gasteiger partial charge in [0.2, 0.25) is 0 Å². The van der Waals surface area contributed by atoms with Gasteiger partial charge in [-0.25, -0.2) is 9.13 Å². The lowest BCUT2D eigenvalue weighted by molar-refractivity contribution is -0.161. The van der Waals surface area contributed by atoms with Crippen molar-refractivity contribution in [2.24, 2.45) is 0 Å². The standard InChI is InChI=1S/C85H138O17P2/c1-5-9-13-17-21-25-29-33-36-38-39-41-44-47-50-54-58-62-66-70-83(88)96-76-81(102-85(90)72-68-64-60-56-52-48-42-35-31-27-23-19-15-11-7-3)78-100-104(93,94)98-74-79(86)73-97-103(91,92)99-77-80(101-84(89)71-67-63-59-55-51-45-32-28-24-20-16-12-8-4)75-95-82(87)69-65-61-57-53-49-46-43-40-37-34-30-26-22-18-14-10-6-2/h9-11,13-16,20-23,25-28,32-37,39,41-42,47,50,52,56,79-81,86H,5-8,12,17-19,24,29-31,38,40,43-46,48-49,51,53-55,57-78H2,1-4H3,(H,91,92)(H,93,94)/b13-9-,14-10-,15-11-,20-16-,25-21-,26-22-,27-23-,32-28-,36-33-,37-34-,41-39-,42-35-,50-47-,56-52-. The van der Waals surface area contributed by atoms with E-state index in [0.717, 1.165) is 199 Å². The van der Waals surface area contributed by atoms with Crippen LogP contribution in [0.3, 0.4) is 0 Å². The molecule has 0 saturated heterocycles. The van der Waals surface area contributed by atoms with Crippen LogP contribution in [-0.4, -0.2) is 96.7 Å². The van der Waals surface area contributed by atoms with Crippen LogP contribution in [0.4, 0.5) is 0 Å². The van der Waals surface area contributed by atoms with Crippen molar-refractivity contribution in [2.45, 2.75) is 303 Å². The van der Waals surface area contributed by atoms with E-state index < -0.39 is 97.5 Å². The number of allylic oxidation sites excluding steroid dienone is 28. The second kappa shape index (κ2) is 75.6. The number of unbranched alkanes of at least 4 members (excludes halogenated alkanes) is 18. The number of carbonyl (C=O) groups is 4. The lowest BCUT2D eigenvalue weighted by Crippen LogP contribution is -2.30. The molecule has 0 aromatic rings. The molecule has 0 aromatic carbocycles. The molecule has 19 heteroatoms. The summed E-state index contributed by atoms with van der Waals surface area (Å²) in [6, 6.07) is 0. The van der Waals surface area contributed by atoms with Crippen LogP contribution in [0.1, 0.15) is 285 Å². The van der Waals surface area contributed by atoms with Crippen molar-refractivity contribution in [3.63, 3.8) is 0 Å². The summed E-state index contributed by atoms with van der Waals surface area (Å²) >= 11 is 0. The molecule has 0 heterocycles. The molecule has 0 amide bonds. The number of carbonyl (C=O) groups excluding carboxylic acids is 4. The molecule has 590 valence electrons. The Bertz CT molecular complexity index is 2640. The first-order chi connectivity index (χ1) is 50.7. The molecular weight excluding hydrogens is 1350 g/mol. The molecule has 0 spiro atoms. The van der Waals surface area contributed by atoms with Gasteiger partial charge in [0, 0.05) is 25.7 Å². The summed E-state index contributed by atoms with van der Waals surface area (Å²) in [7, 11) is -10.00. The molecule has 0 radical (unpaired) electrons. The first kappa shape index (κ1) is 98.4. The first-order valence-corrected chi connectivity index (χ1v) is 42.4. The van der Waals surface area contributed by atoms with Gasteiger partial charge in [-0.15, -0.1) is 0 Å². The summed E-state index contributed by atoms with van der Waals surface area (Å²) < 4.78 is 68.5. The van der Waals surface area contributed by atoms with Crippen molar-refractivity contribution >= 4 is 39.5 Å². The highest BCUT2D eigenvalue weighted by atomic mass is 31.2. The average molecular weight is 1490 g/mol. The van der Waals surface area contributed by atoms with E-state index in [1.165, 1.54) is 0 Å². The maximum atomic E-state index is 13.1. The van der Waals surface area contributed by atoms with Crippen LogP contribution in [0.25, 0.3) is 0 Å². The number of esters is 4. The van der Waals surface area contributed by atoms with Crippen molar-refractivity contribution in [2.75, 3.05) is 39.6 Å². The molecule has 104 heavy (non-hydrogen) atoms. The molecule has 17 nitrogen and oxygen atoms in total. The van der Waals surface area contributed by atoms with Gasteiger partial charge in [0.25, 0.3) is 0 Å². The third kappa shape index (κ3) is 74.7. The van der Waals surface area contributed by atoms with E-state index in [2.05, 4.69) is 198 Å². The van der Waals surface area contributed by atoms with Crippen LogP contribution in [0.5, 0.6) is 0 Å². The highest BCUT2D eigenvalue weighted by molar-refractivity contribution is 7.47. The highest BCUT2D eigenvalue weighted by Crippen LogP contribution is 2.45. The molecular formula is C85H138O17P2. The summed E-state index contributed by atoms with van der Waals surface area (Å²) in [5.74, 6) is -2.30. The molecule has 0 aliphatic rings. The Morgan fingerprint density at radius 3 is 0.798 bits per heavy atom. The molecule has 3 N–H and O–H groups in total. The second-order valence-corrected chi connectivity index (χ2v) is 28.4. The van der Waals surface area contributed by atoms with Crippen LogP contribution < -0.4 is 0 Å². The molecule has 0 saturated carbocycles.